The SMILES string of the molecule is Cc1cc(C(=O)Nc2cc(C(F)(F)F)ccn2)ccc1N1C(=O)NC2=C(C(=O)N[C@@H]3CCCN(C(=O)/C(C#N)=C/C4CC4)C3)SC3NCCC1C23. The van der Waals surface area contributed by atoms with Crippen molar-refractivity contribution in [3.63, 3.8) is 0 Å². The molecule has 0 radical (unpaired) electrons. The molecule has 1 aromatic carbocycles. The molecule has 5 amide bonds. The molecule has 4 atom stereocenters. The van der Waals surface area contributed by atoms with E-state index in [0.717, 1.165) is 31.2 Å². The lowest BCUT2D eigenvalue weighted by Crippen LogP contribution is -2.62. The molecule has 3 unspecified atom stereocenters. The Labute approximate surface area is 295 Å². The van der Waals surface area contributed by atoms with E-state index in [0.29, 0.717) is 60.7 Å². The number of aromatic nitrogens is 1. The van der Waals surface area contributed by atoms with Gasteiger partial charge in [-0.05, 0) is 87.4 Å². The van der Waals surface area contributed by atoms with Crippen molar-refractivity contribution >= 4 is 47.0 Å². The van der Waals surface area contributed by atoms with Crippen LogP contribution in [0.4, 0.5) is 29.5 Å². The number of carbonyl (C=O) groups is 4. The molecule has 5 heterocycles. The summed E-state index contributed by atoms with van der Waals surface area (Å²) in [5, 5.41) is 21.3. The van der Waals surface area contributed by atoms with E-state index in [1.54, 1.807) is 34.9 Å². The maximum atomic E-state index is 13.8. The Morgan fingerprint density at radius 1 is 1.12 bits per heavy atom. The molecule has 5 aliphatic rings. The van der Waals surface area contributed by atoms with Crippen molar-refractivity contribution in [3.05, 3.63) is 75.5 Å². The predicted molar refractivity (Wildman–Crippen MR) is 182 cm³/mol. The molecule has 12 nitrogen and oxygen atoms in total. The topological polar surface area (TPSA) is 160 Å². The molecule has 1 aromatic heterocycles. The fourth-order valence-corrected chi connectivity index (χ4v) is 8.59. The van der Waals surface area contributed by atoms with Gasteiger partial charge in [0, 0.05) is 48.2 Å². The number of benzene rings is 1. The maximum absolute atomic E-state index is 13.8. The number of halogens is 3. The predicted octanol–water partition coefficient (Wildman–Crippen LogP) is 4.42. The molecule has 2 aromatic rings. The van der Waals surface area contributed by atoms with Crippen molar-refractivity contribution in [1.29, 1.82) is 5.26 Å². The maximum Gasteiger partial charge on any atom is 0.416 e. The molecule has 4 aliphatic heterocycles. The van der Waals surface area contributed by atoms with Crippen LogP contribution in [0.15, 0.2) is 58.8 Å². The summed E-state index contributed by atoms with van der Waals surface area (Å²) in [5.41, 5.74) is 1.10. The Hall–Kier alpha value is -4.88. The van der Waals surface area contributed by atoms with E-state index in [-0.39, 0.29) is 58.1 Å². The van der Waals surface area contributed by atoms with Crippen LogP contribution >= 0.6 is 11.8 Å². The van der Waals surface area contributed by atoms with Crippen LogP contribution in [0.1, 0.15) is 53.6 Å². The minimum Gasteiger partial charge on any atom is -0.347 e. The van der Waals surface area contributed by atoms with Crippen LogP contribution in [0.3, 0.4) is 0 Å². The van der Waals surface area contributed by atoms with E-state index >= 15 is 0 Å². The number of aryl methyl sites for hydroxylation is 1. The van der Waals surface area contributed by atoms with Crippen molar-refractivity contribution in [2.45, 2.75) is 62.7 Å². The van der Waals surface area contributed by atoms with Crippen LogP contribution in [-0.2, 0) is 15.8 Å². The van der Waals surface area contributed by atoms with Crippen LogP contribution in [0.2, 0.25) is 0 Å². The van der Waals surface area contributed by atoms with E-state index < -0.39 is 23.7 Å². The first-order valence-electron chi connectivity index (χ1n) is 16.8. The lowest BCUT2D eigenvalue weighted by molar-refractivity contribution is -0.137. The second-order valence-electron chi connectivity index (χ2n) is 13.4. The lowest BCUT2D eigenvalue weighted by atomic mass is 9.86. The standard InChI is InChI=1S/C35H35F3N8O4S/c1-18-13-20(30(47)43-26-15-22(8-10-40-26)35(36,37)38)6-7-24(18)46-25-9-11-41-32-27(25)28(44-34(46)50)29(51-32)31(48)42-23-3-2-12-45(17-23)33(49)21(16-39)14-19-4-5-19/h6-8,10,13-15,19,23,25,27,32,41H,2-5,9,11-12,17H2,1H3,(H,42,48)(H,44,50)(H,40,43,47)/b21-14+/t23-,25?,27?,32?/m1/s1. The molecular formula is C35H35F3N8O4S. The number of thioether (sulfide) groups is 1. The number of pyridine rings is 1. The zero-order valence-electron chi connectivity index (χ0n) is 27.5. The van der Waals surface area contributed by atoms with Gasteiger partial charge in [0.1, 0.15) is 17.5 Å². The molecule has 7 rings (SSSR count). The summed E-state index contributed by atoms with van der Waals surface area (Å²) in [6.07, 6.45) is 2.06. The van der Waals surface area contributed by atoms with Gasteiger partial charge in [-0.3, -0.25) is 19.3 Å². The number of rotatable bonds is 7. The van der Waals surface area contributed by atoms with Gasteiger partial charge in [-0.25, -0.2) is 9.78 Å². The molecule has 0 bridgehead atoms. The number of carbonyl (C=O) groups excluding carboxylic acids is 4. The second-order valence-corrected chi connectivity index (χ2v) is 14.5. The molecule has 3 saturated heterocycles. The Bertz CT molecular complexity index is 1910. The van der Waals surface area contributed by atoms with Crippen molar-refractivity contribution < 1.29 is 32.3 Å². The number of nitriles is 1. The number of urea groups is 1. The third-order valence-electron chi connectivity index (χ3n) is 9.81. The summed E-state index contributed by atoms with van der Waals surface area (Å²) in [4.78, 5) is 61.1. The zero-order valence-corrected chi connectivity index (χ0v) is 28.4. The number of hydrogen-bond acceptors (Lipinski definition) is 8. The first-order chi connectivity index (χ1) is 24.4. The van der Waals surface area contributed by atoms with Crippen LogP contribution in [0.25, 0.3) is 0 Å². The molecule has 0 spiro atoms. The zero-order chi connectivity index (χ0) is 36.0. The van der Waals surface area contributed by atoms with E-state index in [4.69, 9.17) is 0 Å². The first kappa shape index (κ1) is 34.6. The van der Waals surface area contributed by atoms with Gasteiger partial charge in [0.15, 0.2) is 0 Å². The third-order valence-corrected chi connectivity index (χ3v) is 11.2. The van der Waals surface area contributed by atoms with Crippen LogP contribution in [0.5, 0.6) is 0 Å². The van der Waals surface area contributed by atoms with Gasteiger partial charge in [0.25, 0.3) is 17.7 Å². The minimum atomic E-state index is -4.59. The van der Waals surface area contributed by atoms with E-state index in [2.05, 4.69) is 26.3 Å². The van der Waals surface area contributed by atoms with Gasteiger partial charge in [-0.1, -0.05) is 17.8 Å². The summed E-state index contributed by atoms with van der Waals surface area (Å²) >= 11 is 1.36. The van der Waals surface area contributed by atoms with Crippen LogP contribution < -0.4 is 26.2 Å². The highest BCUT2D eigenvalue weighted by Crippen LogP contribution is 2.48. The summed E-state index contributed by atoms with van der Waals surface area (Å²) in [7, 11) is 0. The van der Waals surface area contributed by atoms with E-state index in [1.807, 2.05) is 6.07 Å². The van der Waals surface area contributed by atoms with Gasteiger partial charge in [0.2, 0.25) is 0 Å². The number of allylic oxidation sites excluding steroid dienone is 1. The molecule has 4 N–H and O–H groups in total. The van der Waals surface area contributed by atoms with Gasteiger partial charge in [0.05, 0.1) is 21.9 Å². The number of nitrogens with one attached hydrogen (secondary N) is 4. The van der Waals surface area contributed by atoms with Gasteiger partial charge in [-0.2, -0.15) is 18.4 Å². The van der Waals surface area contributed by atoms with Crippen molar-refractivity contribution in [1.82, 2.24) is 25.8 Å². The van der Waals surface area contributed by atoms with Gasteiger partial charge in [-0.15, -0.1) is 0 Å². The molecule has 266 valence electrons. The number of amides is 5. The molecular weight excluding hydrogens is 685 g/mol. The minimum absolute atomic E-state index is 0.150. The monoisotopic (exact) mass is 720 g/mol. The molecule has 4 fully saturated rings. The Balaban J connectivity index is 1.05. The van der Waals surface area contributed by atoms with Crippen LogP contribution in [0, 0.1) is 30.1 Å². The molecule has 1 saturated carbocycles. The van der Waals surface area contributed by atoms with Crippen molar-refractivity contribution in [2.75, 3.05) is 29.9 Å². The number of alkyl halides is 3. The number of hydrogen-bond donors (Lipinski definition) is 4. The van der Waals surface area contributed by atoms with Gasteiger partial charge < -0.3 is 26.2 Å². The third kappa shape index (κ3) is 7.05. The fraction of sp³-hybridized carbons (Fsp3) is 0.429. The van der Waals surface area contributed by atoms with Crippen LogP contribution in [-0.4, -0.2) is 70.7 Å². The number of likely N-dealkylation sites (tertiary alicyclic amines) is 1. The Kier molecular flexibility index (Phi) is 9.27. The van der Waals surface area contributed by atoms with E-state index in [1.165, 1.54) is 17.8 Å². The van der Waals surface area contributed by atoms with E-state index in [9.17, 15) is 37.6 Å². The largest absolute Gasteiger partial charge is 0.416 e. The quantitative estimate of drug-likeness (QED) is 0.242. The van der Waals surface area contributed by atoms with Gasteiger partial charge >= 0.3 is 12.2 Å². The average molecular weight is 721 g/mol. The summed E-state index contributed by atoms with van der Waals surface area (Å²) < 4.78 is 39.4. The highest BCUT2D eigenvalue weighted by atomic mass is 32.2. The molecule has 51 heavy (non-hydrogen) atoms. The number of piperidine rings is 2. The highest BCUT2D eigenvalue weighted by molar-refractivity contribution is 8.04. The second kappa shape index (κ2) is 13.7. The Morgan fingerprint density at radius 3 is 2.65 bits per heavy atom. The lowest BCUT2D eigenvalue weighted by Gasteiger charge is -2.46. The highest BCUT2D eigenvalue weighted by Gasteiger charge is 2.52. The number of anilines is 2. The van der Waals surface area contributed by atoms with Crippen molar-refractivity contribution in [2.24, 2.45) is 11.8 Å². The fourth-order valence-electron chi connectivity index (χ4n) is 7.19. The first-order valence-corrected chi connectivity index (χ1v) is 17.7. The summed E-state index contributed by atoms with van der Waals surface area (Å²) in [5.74, 6) is -1.47. The average Bonchev–Trinajstić information content (AvgIpc) is 3.86. The molecule has 16 heteroatoms. The number of nitrogens with zero attached hydrogens (tertiary/aromatic N) is 4. The summed E-state index contributed by atoms with van der Waals surface area (Å²) in [6, 6.07) is 7.29. The summed E-state index contributed by atoms with van der Waals surface area (Å²) in [6.45, 7) is 3.15. The van der Waals surface area contributed by atoms with Crippen molar-refractivity contribution in [3.8, 4) is 6.07 Å². The normalized spacial score (nSPS) is 24.8. The smallest absolute Gasteiger partial charge is 0.347 e. The Morgan fingerprint density at radius 2 is 1.92 bits per heavy atom. The molecule has 1 aliphatic carbocycles.